The first-order valence-electron chi connectivity index (χ1n) is 5.55. The van der Waals surface area contributed by atoms with Crippen molar-refractivity contribution in [1.29, 1.82) is 0 Å². The van der Waals surface area contributed by atoms with Crippen LogP contribution in [0, 0.1) is 0 Å². The van der Waals surface area contributed by atoms with Crippen LogP contribution in [0.3, 0.4) is 0 Å². The Kier molecular flexibility index (Phi) is 5.88. The monoisotopic (exact) mass is 286 g/mol. The van der Waals surface area contributed by atoms with Crippen LogP contribution in [0.15, 0.2) is 24.3 Å². The summed E-state index contributed by atoms with van der Waals surface area (Å²) < 4.78 is 5.03. The summed E-state index contributed by atoms with van der Waals surface area (Å²) in [5, 5.41) is 6.11. The normalized spacial score (nSPS) is 11.5. The van der Waals surface area contributed by atoms with Gasteiger partial charge < -0.3 is 10.1 Å². The van der Waals surface area contributed by atoms with Crippen molar-refractivity contribution in [1.82, 2.24) is 5.32 Å². The second-order valence-corrected chi connectivity index (χ2v) is 4.55. The van der Waals surface area contributed by atoms with Gasteiger partial charge in [-0.3, -0.25) is 5.32 Å². The maximum absolute atomic E-state index is 11.4. The van der Waals surface area contributed by atoms with Crippen LogP contribution in [0.5, 0.6) is 0 Å². The van der Waals surface area contributed by atoms with E-state index in [9.17, 15) is 4.79 Å². The zero-order chi connectivity index (χ0) is 13.5. The van der Waals surface area contributed by atoms with Gasteiger partial charge in [0.1, 0.15) is 6.10 Å². The van der Waals surface area contributed by atoms with Gasteiger partial charge >= 0.3 is 6.09 Å². The zero-order valence-electron chi connectivity index (χ0n) is 10.2. The van der Waals surface area contributed by atoms with Gasteiger partial charge in [0.2, 0.25) is 0 Å². The van der Waals surface area contributed by atoms with Crippen molar-refractivity contribution in [3.8, 4) is 0 Å². The summed E-state index contributed by atoms with van der Waals surface area (Å²) in [6, 6.07) is 6.97. The SMILES string of the molecule is CCC(C)OC(=O)NC(=S)Nc1ccc(Cl)cc1. The Balaban J connectivity index is 2.42. The van der Waals surface area contributed by atoms with Gasteiger partial charge in [0.05, 0.1) is 0 Å². The molecule has 1 aromatic carbocycles. The Morgan fingerprint density at radius 1 is 1.44 bits per heavy atom. The molecule has 0 heterocycles. The fourth-order valence-electron chi connectivity index (χ4n) is 1.08. The van der Waals surface area contributed by atoms with Crippen LogP contribution in [-0.4, -0.2) is 17.3 Å². The summed E-state index contributed by atoms with van der Waals surface area (Å²) in [6.45, 7) is 3.75. The second-order valence-electron chi connectivity index (χ2n) is 3.71. The van der Waals surface area contributed by atoms with Crippen molar-refractivity contribution in [3.63, 3.8) is 0 Å². The van der Waals surface area contributed by atoms with Gasteiger partial charge in [-0.2, -0.15) is 0 Å². The lowest BCUT2D eigenvalue weighted by molar-refractivity contribution is 0.110. The quantitative estimate of drug-likeness (QED) is 0.834. The fourth-order valence-corrected chi connectivity index (χ4v) is 1.41. The molecule has 1 unspecified atom stereocenters. The van der Waals surface area contributed by atoms with E-state index in [0.717, 1.165) is 12.1 Å². The summed E-state index contributed by atoms with van der Waals surface area (Å²) in [5.41, 5.74) is 0.744. The van der Waals surface area contributed by atoms with E-state index in [1.165, 1.54) is 0 Å². The van der Waals surface area contributed by atoms with Crippen LogP contribution in [0.1, 0.15) is 20.3 Å². The number of carbonyl (C=O) groups excluding carboxylic acids is 1. The largest absolute Gasteiger partial charge is 0.446 e. The van der Waals surface area contributed by atoms with Gasteiger partial charge in [-0.05, 0) is 49.8 Å². The molecule has 0 aliphatic rings. The molecule has 0 aliphatic heterocycles. The minimum Gasteiger partial charge on any atom is -0.446 e. The molecule has 18 heavy (non-hydrogen) atoms. The lowest BCUT2D eigenvalue weighted by Crippen LogP contribution is -2.36. The Morgan fingerprint density at radius 3 is 2.61 bits per heavy atom. The third-order valence-electron chi connectivity index (χ3n) is 2.20. The number of benzene rings is 1. The highest BCUT2D eigenvalue weighted by Gasteiger charge is 2.09. The van der Waals surface area contributed by atoms with Gasteiger partial charge in [0.15, 0.2) is 5.11 Å². The van der Waals surface area contributed by atoms with Crippen LogP contribution in [0.4, 0.5) is 10.5 Å². The van der Waals surface area contributed by atoms with Crippen LogP contribution in [0.25, 0.3) is 0 Å². The number of nitrogens with one attached hydrogen (secondary N) is 2. The van der Waals surface area contributed by atoms with Gasteiger partial charge in [0.25, 0.3) is 0 Å². The summed E-state index contributed by atoms with van der Waals surface area (Å²) >= 11 is 10.7. The molecule has 0 saturated carbocycles. The molecule has 0 fully saturated rings. The minimum absolute atomic E-state index is 0.136. The zero-order valence-corrected chi connectivity index (χ0v) is 11.8. The highest BCUT2D eigenvalue weighted by atomic mass is 35.5. The Bertz CT molecular complexity index is 423. The molecular weight excluding hydrogens is 272 g/mol. The molecular formula is C12H15ClN2O2S. The summed E-state index contributed by atoms with van der Waals surface area (Å²) in [7, 11) is 0. The molecule has 98 valence electrons. The van der Waals surface area contributed by atoms with Crippen LogP contribution in [0.2, 0.25) is 5.02 Å². The molecule has 4 nitrogen and oxygen atoms in total. The smallest absolute Gasteiger partial charge is 0.413 e. The van der Waals surface area contributed by atoms with Gasteiger partial charge in [-0.15, -0.1) is 0 Å². The third kappa shape index (κ3) is 5.33. The predicted molar refractivity (Wildman–Crippen MR) is 77.0 cm³/mol. The van der Waals surface area contributed by atoms with E-state index in [1.807, 2.05) is 13.8 Å². The number of ether oxygens (including phenoxy) is 1. The fraction of sp³-hybridized carbons (Fsp3) is 0.333. The number of amides is 1. The Labute approximate surface area is 117 Å². The molecule has 2 N–H and O–H groups in total. The third-order valence-corrected chi connectivity index (χ3v) is 2.66. The molecule has 1 rings (SSSR count). The Morgan fingerprint density at radius 2 is 2.06 bits per heavy atom. The van der Waals surface area contributed by atoms with Crippen molar-refractivity contribution in [3.05, 3.63) is 29.3 Å². The van der Waals surface area contributed by atoms with E-state index < -0.39 is 6.09 Å². The standard InChI is InChI=1S/C12H15ClN2O2S/c1-3-8(2)17-12(16)15-11(18)14-10-6-4-9(13)5-7-10/h4-8H,3H2,1-2H3,(H2,14,15,16,18). The number of hydrogen-bond donors (Lipinski definition) is 2. The van der Waals surface area contributed by atoms with Crippen LogP contribution >= 0.6 is 23.8 Å². The lowest BCUT2D eigenvalue weighted by atomic mass is 10.3. The molecule has 0 aromatic heterocycles. The number of rotatable bonds is 3. The highest BCUT2D eigenvalue weighted by Crippen LogP contribution is 2.13. The first kappa shape index (κ1) is 14.7. The minimum atomic E-state index is -0.559. The van der Waals surface area contributed by atoms with E-state index in [0.29, 0.717) is 5.02 Å². The van der Waals surface area contributed by atoms with Crippen molar-refractivity contribution in [2.24, 2.45) is 0 Å². The van der Waals surface area contributed by atoms with Crippen molar-refractivity contribution in [2.45, 2.75) is 26.4 Å². The number of halogens is 1. The molecule has 1 aromatic rings. The maximum Gasteiger partial charge on any atom is 0.413 e. The molecule has 0 bridgehead atoms. The van der Waals surface area contributed by atoms with E-state index in [1.54, 1.807) is 24.3 Å². The average molecular weight is 287 g/mol. The second kappa shape index (κ2) is 7.18. The maximum atomic E-state index is 11.4. The van der Waals surface area contributed by atoms with Crippen molar-refractivity contribution in [2.75, 3.05) is 5.32 Å². The first-order valence-corrected chi connectivity index (χ1v) is 6.34. The number of alkyl carbamates (subject to hydrolysis) is 1. The van der Waals surface area contributed by atoms with E-state index in [4.69, 9.17) is 28.6 Å². The Hall–Kier alpha value is -1.33. The summed E-state index contributed by atoms with van der Waals surface area (Å²) in [6.07, 6.45) is 0.0595. The molecule has 0 aliphatic carbocycles. The summed E-state index contributed by atoms with van der Waals surface area (Å²) in [4.78, 5) is 11.4. The van der Waals surface area contributed by atoms with E-state index >= 15 is 0 Å². The van der Waals surface area contributed by atoms with Gasteiger partial charge in [0, 0.05) is 10.7 Å². The lowest BCUT2D eigenvalue weighted by Gasteiger charge is -2.13. The topological polar surface area (TPSA) is 50.4 Å². The number of carbonyl (C=O) groups is 1. The van der Waals surface area contributed by atoms with Crippen molar-refractivity contribution < 1.29 is 9.53 Å². The number of anilines is 1. The number of hydrogen-bond acceptors (Lipinski definition) is 3. The number of thiocarbonyl (C=S) groups is 1. The van der Waals surface area contributed by atoms with E-state index in [2.05, 4.69) is 10.6 Å². The molecule has 0 spiro atoms. The van der Waals surface area contributed by atoms with Crippen molar-refractivity contribution >= 4 is 40.7 Å². The van der Waals surface area contributed by atoms with E-state index in [-0.39, 0.29) is 11.2 Å². The predicted octanol–water partition coefficient (Wildman–Crippen LogP) is 3.56. The molecule has 1 amide bonds. The van der Waals surface area contributed by atoms with Crippen LogP contribution < -0.4 is 10.6 Å². The first-order chi connectivity index (χ1) is 8.51. The molecule has 1 atom stereocenters. The molecule has 6 heteroatoms. The molecule has 0 radical (unpaired) electrons. The highest BCUT2D eigenvalue weighted by molar-refractivity contribution is 7.80. The van der Waals surface area contributed by atoms with Gasteiger partial charge in [-0.1, -0.05) is 18.5 Å². The van der Waals surface area contributed by atoms with Gasteiger partial charge in [-0.25, -0.2) is 4.79 Å². The average Bonchev–Trinajstić information content (AvgIpc) is 2.31. The van der Waals surface area contributed by atoms with Crippen LogP contribution in [-0.2, 0) is 4.74 Å². The summed E-state index contributed by atoms with van der Waals surface area (Å²) in [5.74, 6) is 0. The molecule has 0 saturated heterocycles.